The van der Waals surface area contributed by atoms with Gasteiger partial charge in [0.2, 0.25) is 0 Å². The highest BCUT2D eigenvalue weighted by Crippen LogP contribution is 2.51. The van der Waals surface area contributed by atoms with Crippen LogP contribution in [0.4, 0.5) is 0 Å². The number of ketones is 2. The van der Waals surface area contributed by atoms with Crippen molar-refractivity contribution in [1.29, 1.82) is 0 Å². The van der Waals surface area contributed by atoms with E-state index in [0.29, 0.717) is 44.3 Å². The molecule has 0 bridgehead atoms. The quantitative estimate of drug-likeness (QED) is 0.0606. The summed E-state index contributed by atoms with van der Waals surface area (Å²) in [6.07, 6.45) is 21.4. The normalized spacial score (nSPS) is 21.2. The van der Waals surface area contributed by atoms with Crippen molar-refractivity contribution >= 4 is 23.5 Å². The van der Waals surface area contributed by atoms with Gasteiger partial charge in [-0.25, -0.2) is 0 Å². The first-order valence-corrected chi connectivity index (χ1v) is 20.1. The highest BCUT2D eigenvalue weighted by Gasteiger charge is 2.50. The van der Waals surface area contributed by atoms with Crippen LogP contribution >= 0.6 is 0 Å². The van der Waals surface area contributed by atoms with E-state index in [1.165, 1.54) is 25.5 Å². The minimum absolute atomic E-state index is 0.0419. The summed E-state index contributed by atoms with van der Waals surface area (Å²) in [6, 6.07) is 10.1. The largest absolute Gasteiger partial charge is 0.481 e. The minimum atomic E-state index is -0.770. The molecule has 1 aromatic rings. The Morgan fingerprint density at radius 2 is 1.38 bits per heavy atom. The monoisotopic (exact) mass is 738 g/mol. The number of benzene rings is 1. The Balaban J connectivity index is 0.000000288. The van der Waals surface area contributed by atoms with E-state index in [-0.39, 0.29) is 47.9 Å². The van der Waals surface area contributed by atoms with Crippen molar-refractivity contribution in [3.63, 3.8) is 0 Å². The fourth-order valence-corrected chi connectivity index (χ4v) is 7.55. The van der Waals surface area contributed by atoms with Gasteiger partial charge in [-0.1, -0.05) is 80.8 Å². The van der Waals surface area contributed by atoms with Crippen molar-refractivity contribution in [1.82, 2.24) is 9.80 Å². The number of ether oxygens (including phenoxy) is 1. The predicted molar refractivity (Wildman–Crippen MR) is 208 cm³/mol. The van der Waals surface area contributed by atoms with Crippen LogP contribution in [-0.4, -0.2) is 106 Å². The molecule has 0 amide bonds. The number of unbranched alkanes of at least 4 members (excludes halogenated alkanes) is 4. The fourth-order valence-electron chi connectivity index (χ4n) is 7.55. The third-order valence-electron chi connectivity index (χ3n) is 11.1. The number of carbonyl (C=O) groups excluding carboxylic acids is 3. The number of rotatable bonds is 24. The number of carboxylic acid groups (broad SMARTS) is 1. The Labute approximate surface area is 317 Å². The first kappa shape index (κ1) is 44.2. The number of aliphatic hydroxyl groups is 2. The number of hydrogen-bond acceptors (Lipinski definition) is 9. The molecule has 4 rings (SSSR count). The summed E-state index contributed by atoms with van der Waals surface area (Å²) < 4.78 is 4.61. The molecule has 2 saturated heterocycles. The van der Waals surface area contributed by atoms with Crippen molar-refractivity contribution in [3.05, 3.63) is 60.2 Å². The Morgan fingerprint density at radius 3 is 1.91 bits per heavy atom. The molecule has 3 fully saturated rings. The maximum atomic E-state index is 12.3. The lowest BCUT2D eigenvalue weighted by molar-refractivity contribution is -0.140. The molecule has 3 aliphatic rings. The molecule has 1 saturated carbocycles. The van der Waals surface area contributed by atoms with Crippen LogP contribution in [-0.2, 0) is 29.3 Å². The van der Waals surface area contributed by atoms with Crippen molar-refractivity contribution in [2.75, 3.05) is 33.3 Å². The van der Waals surface area contributed by atoms with Gasteiger partial charge in [-0.15, -0.1) is 0 Å². The van der Waals surface area contributed by atoms with Crippen LogP contribution in [0.15, 0.2) is 54.6 Å². The standard InChI is InChI=1S/C23H31NO4.C20H35NO4/c25-20-12-16-24(19(20)10-6-1-2-7-11-22(27)28)17-13-21(26)23(14-15-23)18-8-4-3-5-9-18;1-3-4-7-10-17(22)13-15-21-16-14-19(23)18(21)11-8-5-6-9-12-20(24)25-2/h1,3-6,8-9,19,21,26H,2,7,10-17H2,(H,27,28);5,8,17-18,22H,3-4,6-7,9-16H2,1-2H3/t;17?,18-/m.1/s1. The van der Waals surface area contributed by atoms with Gasteiger partial charge < -0.3 is 20.1 Å². The van der Waals surface area contributed by atoms with E-state index in [0.717, 1.165) is 84.0 Å². The van der Waals surface area contributed by atoms with E-state index >= 15 is 0 Å². The SMILES string of the molecule is CCCCCC(O)CCN1CCC(=O)[C@H]1CC=CCCCC(=O)OC.O=C(O)CCCC=CCC1C(=O)CCN1CCC(O)C1(c2ccccc2)CC1. The van der Waals surface area contributed by atoms with Gasteiger partial charge in [0.15, 0.2) is 11.6 Å². The molecule has 1 aliphatic carbocycles. The van der Waals surface area contributed by atoms with Crippen LogP contribution in [0.5, 0.6) is 0 Å². The molecule has 0 aromatic heterocycles. The van der Waals surface area contributed by atoms with E-state index in [1.807, 2.05) is 36.4 Å². The number of methoxy groups -OCH3 is 1. The summed E-state index contributed by atoms with van der Waals surface area (Å²) in [7, 11) is 1.40. The van der Waals surface area contributed by atoms with Crippen LogP contribution in [0.3, 0.4) is 0 Å². The maximum Gasteiger partial charge on any atom is 0.305 e. The first-order chi connectivity index (χ1) is 25.6. The molecule has 0 radical (unpaired) electrons. The smallest absolute Gasteiger partial charge is 0.305 e. The zero-order chi connectivity index (χ0) is 38.5. The maximum absolute atomic E-state index is 12.3. The number of carbonyl (C=O) groups is 4. The van der Waals surface area contributed by atoms with E-state index in [2.05, 4.69) is 39.7 Å². The van der Waals surface area contributed by atoms with Crippen LogP contribution in [0.25, 0.3) is 0 Å². The summed E-state index contributed by atoms with van der Waals surface area (Å²) in [5.41, 5.74) is 1.13. The Hall–Kier alpha value is -3.18. The van der Waals surface area contributed by atoms with E-state index in [9.17, 15) is 29.4 Å². The lowest BCUT2D eigenvalue weighted by Gasteiger charge is -2.27. The summed E-state index contributed by atoms with van der Waals surface area (Å²) >= 11 is 0. The number of hydrogen-bond donors (Lipinski definition) is 3. The predicted octanol–water partition coefficient (Wildman–Crippen LogP) is 6.56. The molecule has 10 heteroatoms. The Kier molecular flexibility index (Phi) is 20.3. The summed E-state index contributed by atoms with van der Waals surface area (Å²) in [4.78, 5) is 50.3. The van der Waals surface area contributed by atoms with Crippen LogP contribution < -0.4 is 0 Å². The van der Waals surface area contributed by atoms with Crippen LogP contribution in [0, 0.1) is 0 Å². The second kappa shape index (κ2) is 24.3. The molecule has 3 N–H and O–H groups in total. The lowest BCUT2D eigenvalue weighted by atomic mass is 9.88. The highest BCUT2D eigenvalue weighted by atomic mass is 16.5. The van der Waals surface area contributed by atoms with Gasteiger partial charge in [-0.05, 0) is 76.2 Å². The van der Waals surface area contributed by atoms with E-state index in [1.54, 1.807) is 0 Å². The van der Waals surface area contributed by atoms with Gasteiger partial charge in [-0.2, -0.15) is 0 Å². The highest BCUT2D eigenvalue weighted by molar-refractivity contribution is 5.86. The summed E-state index contributed by atoms with van der Waals surface area (Å²) in [5, 5.41) is 29.6. The molecule has 3 unspecified atom stereocenters. The summed E-state index contributed by atoms with van der Waals surface area (Å²) in [6.45, 7) is 5.26. The molecule has 0 spiro atoms. The second-order valence-corrected chi connectivity index (χ2v) is 15.0. The number of nitrogens with zero attached hydrogens (tertiary/aromatic N) is 2. The number of likely N-dealkylation sites (tertiary alicyclic amines) is 2. The Morgan fingerprint density at radius 1 is 0.811 bits per heavy atom. The molecular formula is C43H66N2O8. The molecule has 296 valence electrons. The van der Waals surface area contributed by atoms with Gasteiger partial charge in [0, 0.05) is 57.3 Å². The second-order valence-electron chi connectivity index (χ2n) is 15.0. The number of allylic oxidation sites excluding steroid dienone is 2. The van der Waals surface area contributed by atoms with Gasteiger partial charge in [0.1, 0.15) is 0 Å². The Bertz CT molecular complexity index is 1310. The number of esters is 1. The van der Waals surface area contributed by atoms with Gasteiger partial charge in [-0.3, -0.25) is 29.0 Å². The third kappa shape index (κ3) is 15.6. The van der Waals surface area contributed by atoms with Gasteiger partial charge in [0.05, 0.1) is 31.4 Å². The average molecular weight is 739 g/mol. The molecule has 2 heterocycles. The lowest BCUT2D eigenvalue weighted by Crippen LogP contribution is -2.37. The zero-order valence-corrected chi connectivity index (χ0v) is 32.3. The fraction of sp³-hybridized carbons (Fsp3) is 0.674. The van der Waals surface area contributed by atoms with Crippen molar-refractivity contribution < 1.29 is 39.2 Å². The molecule has 1 aromatic carbocycles. The number of Topliss-reactive ketones (excluding diaryl/α,β-unsaturated/α-hetero) is 2. The van der Waals surface area contributed by atoms with Crippen LogP contribution in [0.1, 0.15) is 128 Å². The summed E-state index contributed by atoms with van der Waals surface area (Å²) in [5.74, 6) is -0.371. The number of carboxylic acids is 1. The molecule has 10 nitrogen and oxygen atoms in total. The minimum Gasteiger partial charge on any atom is -0.481 e. The van der Waals surface area contributed by atoms with E-state index < -0.39 is 5.97 Å². The number of aliphatic carboxylic acids is 1. The van der Waals surface area contributed by atoms with Gasteiger partial charge in [0.25, 0.3) is 0 Å². The van der Waals surface area contributed by atoms with Crippen molar-refractivity contribution in [3.8, 4) is 0 Å². The average Bonchev–Trinajstić information content (AvgIpc) is 3.80. The molecule has 2 aliphatic heterocycles. The van der Waals surface area contributed by atoms with Crippen LogP contribution in [0.2, 0.25) is 0 Å². The number of aliphatic hydroxyl groups excluding tert-OH is 2. The molecule has 4 atom stereocenters. The zero-order valence-electron chi connectivity index (χ0n) is 32.3. The topological polar surface area (TPSA) is 145 Å². The molecule has 53 heavy (non-hydrogen) atoms. The van der Waals surface area contributed by atoms with E-state index in [4.69, 9.17) is 5.11 Å². The first-order valence-electron chi connectivity index (χ1n) is 20.1. The third-order valence-corrected chi connectivity index (χ3v) is 11.1. The van der Waals surface area contributed by atoms with Crippen molar-refractivity contribution in [2.24, 2.45) is 0 Å². The van der Waals surface area contributed by atoms with Crippen molar-refractivity contribution in [2.45, 2.75) is 152 Å². The van der Waals surface area contributed by atoms with Gasteiger partial charge >= 0.3 is 11.9 Å². The molecular weight excluding hydrogens is 672 g/mol.